The van der Waals surface area contributed by atoms with Crippen molar-refractivity contribution < 1.29 is 9.47 Å². The van der Waals surface area contributed by atoms with Crippen molar-refractivity contribution in [1.29, 1.82) is 0 Å². The molecule has 0 spiro atoms. The molecule has 2 nitrogen and oxygen atoms in total. The molecule has 0 aromatic carbocycles. The number of rotatable bonds is 6. The average Bonchev–Trinajstić information content (AvgIpc) is 2.71. The van der Waals surface area contributed by atoms with E-state index in [0.717, 1.165) is 13.0 Å². The number of hydrogen-bond acceptors (Lipinski definition) is 2. The molecule has 1 rings (SSSR count). The number of ether oxygens (including phenoxy) is 2. The van der Waals surface area contributed by atoms with Crippen molar-refractivity contribution in [3.8, 4) is 0 Å². The van der Waals surface area contributed by atoms with Gasteiger partial charge < -0.3 is 9.47 Å². The van der Waals surface area contributed by atoms with Crippen molar-refractivity contribution in [3.05, 3.63) is 6.79 Å². The average molecular weight is 143 g/mol. The number of hydrogen-bond donors (Lipinski definition) is 0. The van der Waals surface area contributed by atoms with Gasteiger partial charge in [-0.1, -0.05) is 13.3 Å². The normalized spacial score (nSPS) is 17.7. The Morgan fingerprint density at radius 3 is 2.90 bits per heavy atom. The Hall–Kier alpha value is -0.0800. The van der Waals surface area contributed by atoms with Gasteiger partial charge in [0.05, 0.1) is 6.10 Å². The van der Waals surface area contributed by atoms with Crippen LogP contribution in [0.25, 0.3) is 0 Å². The molecule has 1 aliphatic rings. The summed E-state index contributed by atoms with van der Waals surface area (Å²) in [5.41, 5.74) is 0. The zero-order valence-electron chi connectivity index (χ0n) is 6.51. The predicted molar refractivity (Wildman–Crippen MR) is 39.3 cm³/mol. The summed E-state index contributed by atoms with van der Waals surface area (Å²) in [7, 11) is 0. The van der Waals surface area contributed by atoms with Crippen LogP contribution in [-0.4, -0.2) is 12.7 Å². The number of unbranched alkanes of at least 4 members (excludes halogenated alkanes) is 1. The summed E-state index contributed by atoms with van der Waals surface area (Å²) >= 11 is 0. The summed E-state index contributed by atoms with van der Waals surface area (Å²) in [6.07, 6.45) is 5.17. The molecule has 0 aromatic heterocycles. The SMILES string of the molecule is CCCCO[CH]OC1CC1. The van der Waals surface area contributed by atoms with Gasteiger partial charge in [0, 0.05) is 6.61 Å². The van der Waals surface area contributed by atoms with Gasteiger partial charge in [-0.3, -0.25) is 0 Å². The highest BCUT2D eigenvalue weighted by Gasteiger charge is 2.21. The van der Waals surface area contributed by atoms with E-state index in [0.29, 0.717) is 6.10 Å². The third-order valence-electron chi connectivity index (χ3n) is 1.46. The van der Waals surface area contributed by atoms with Gasteiger partial charge in [0.2, 0.25) is 6.79 Å². The Bertz CT molecular complexity index is 79.3. The summed E-state index contributed by atoms with van der Waals surface area (Å²) < 4.78 is 10.2. The minimum atomic E-state index is 0.474. The fraction of sp³-hybridized carbons (Fsp3) is 0.875. The highest BCUT2D eigenvalue weighted by molar-refractivity contribution is 4.73. The third-order valence-corrected chi connectivity index (χ3v) is 1.46. The smallest absolute Gasteiger partial charge is 0.209 e. The fourth-order valence-corrected chi connectivity index (χ4v) is 0.598. The maximum Gasteiger partial charge on any atom is 0.209 e. The van der Waals surface area contributed by atoms with Gasteiger partial charge in [-0.25, -0.2) is 0 Å². The van der Waals surface area contributed by atoms with E-state index in [4.69, 9.17) is 9.47 Å². The molecule has 0 N–H and O–H groups in total. The molecule has 0 aromatic rings. The molecule has 1 aliphatic carbocycles. The van der Waals surface area contributed by atoms with Crippen molar-refractivity contribution in [1.82, 2.24) is 0 Å². The van der Waals surface area contributed by atoms with Gasteiger partial charge in [-0.2, -0.15) is 0 Å². The van der Waals surface area contributed by atoms with Gasteiger partial charge in [-0.05, 0) is 19.3 Å². The zero-order chi connectivity index (χ0) is 7.23. The first-order valence-electron chi connectivity index (χ1n) is 4.02. The van der Waals surface area contributed by atoms with Crippen molar-refractivity contribution in [2.45, 2.75) is 38.7 Å². The van der Waals surface area contributed by atoms with E-state index in [2.05, 4.69) is 6.92 Å². The van der Waals surface area contributed by atoms with E-state index >= 15 is 0 Å². The van der Waals surface area contributed by atoms with Gasteiger partial charge in [-0.15, -0.1) is 0 Å². The zero-order valence-corrected chi connectivity index (χ0v) is 6.51. The first-order chi connectivity index (χ1) is 4.93. The minimum Gasteiger partial charge on any atom is -0.348 e. The second-order valence-corrected chi connectivity index (χ2v) is 2.66. The van der Waals surface area contributed by atoms with Crippen LogP contribution in [0.4, 0.5) is 0 Å². The largest absolute Gasteiger partial charge is 0.348 e. The molecule has 1 saturated carbocycles. The molecule has 2 heteroatoms. The summed E-state index contributed by atoms with van der Waals surface area (Å²) in [6.45, 7) is 4.43. The first-order valence-corrected chi connectivity index (χ1v) is 4.02. The highest BCUT2D eigenvalue weighted by Crippen LogP contribution is 2.24. The first kappa shape index (κ1) is 8.02. The molecular formula is C8H15O2. The van der Waals surface area contributed by atoms with Crippen LogP contribution >= 0.6 is 0 Å². The Labute approximate surface area is 62.5 Å². The lowest BCUT2D eigenvalue weighted by Crippen LogP contribution is -1.96. The second kappa shape index (κ2) is 4.69. The van der Waals surface area contributed by atoms with E-state index in [1.807, 2.05) is 0 Å². The Morgan fingerprint density at radius 2 is 2.30 bits per heavy atom. The lowest BCUT2D eigenvalue weighted by molar-refractivity contribution is 0.0116. The molecule has 0 unspecified atom stereocenters. The van der Waals surface area contributed by atoms with Crippen molar-refractivity contribution in [2.75, 3.05) is 6.61 Å². The molecule has 0 heterocycles. The Balaban J connectivity index is 1.68. The van der Waals surface area contributed by atoms with Crippen LogP contribution in [0.1, 0.15) is 32.6 Å². The second-order valence-electron chi connectivity index (χ2n) is 2.66. The molecule has 0 bridgehead atoms. The van der Waals surface area contributed by atoms with Crippen LogP contribution in [0.2, 0.25) is 0 Å². The van der Waals surface area contributed by atoms with E-state index < -0.39 is 0 Å². The van der Waals surface area contributed by atoms with Crippen LogP contribution in [0.5, 0.6) is 0 Å². The van der Waals surface area contributed by atoms with Crippen molar-refractivity contribution in [2.24, 2.45) is 0 Å². The Morgan fingerprint density at radius 1 is 1.50 bits per heavy atom. The molecule has 0 amide bonds. The Kier molecular flexibility index (Phi) is 3.76. The molecule has 10 heavy (non-hydrogen) atoms. The van der Waals surface area contributed by atoms with Crippen LogP contribution in [0, 0.1) is 6.79 Å². The standard InChI is InChI=1S/C8H15O2/c1-2-3-6-9-7-10-8-4-5-8/h7-8H,2-6H2,1H3. The van der Waals surface area contributed by atoms with Gasteiger partial charge in [0.25, 0.3) is 0 Å². The topological polar surface area (TPSA) is 18.5 Å². The van der Waals surface area contributed by atoms with Crippen molar-refractivity contribution in [3.63, 3.8) is 0 Å². The summed E-state index contributed by atoms with van der Waals surface area (Å²) in [5, 5.41) is 0. The summed E-state index contributed by atoms with van der Waals surface area (Å²) in [5.74, 6) is 0. The molecule has 1 radical (unpaired) electrons. The van der Waals surface area contributed by atoms with Crippen LogP contribution < -0.4 is 0 Å². The third kappa shape index (κ3) is 3.85. The maximum absolute atomic E-state index is 5.15. The molecule has 0 atom stereocenters. The maximum atomic E-state index is 5.15. The quantitative estimate of drug-likeness (QED) is 0.530. The summed E-state index contributed by atoms with van der Waals surface area (Å²) in [4.78, 5) is 0. The summed E-state index contributed by atoms with van der Waals surface area (Å²) in [6, 6.07) is 0. The van der Waals surface area contributed by atoms with Crippen LogP contribution in [0.3, 0.4) is 0 Å². The van der Waals surface area contributed by atoms with Gasteiger partial charge >= 0.3 is 0 Å². The lowest BCUT2D eigenvalue weighted by atomic mass is 10.4. The van der Waals surface area contributed by atoms with Crippen LogP contribution in [-0.2, 0) is 9.47 Å². The van der Waals surface area contributed by atoms with E-state index in [-0.39, 0.29) is 0 Å². The van der Waals surface area contributed by atoms with E-state index in [9.17, 15) is 0 Å². The molecule has 59 valence electrons. The van der Waals surface area contributed by atoms with Gasteiger partial charge in [0.15, 0.2) is 0 Å². The fourth-order valence-electron chi connectivity index (χ4n) is 0.598. The molecule has 0 aliphatic heterocycles. The van der Waals surface area contributed by atoms with Crippen molar-refractivity contribution >= 4 is 0 Å². The molecule has 1 fully saturated rings. The minimum absolute atomic E-state index is 0.474. The predicted octanol–water partition coefficient (Wildman–Crippen LogP) is 2.10. The van der Waals surface area contributed by atoms with Crippen LogP contribution in [0.15, 0.2) is 0 Å². The molecular weight excluding hydrogens is 128 g/mol. The highest BCUT2D eigenvalue weighted by atomic mass is 16.7. The lowest BCUT2D eigenvalue weighted by Gasteiger charge is -2.00. The van der Waals surface area contributed by atoms with Gasteiger partial charge in [0.1, 0.15) is 0 Å². The monoisotopic (exact) mass is 143 g/mol. The molecule has 0 saturated heterocycles. The van der Waals surface area contributed by atoms with E-state index in [1.165, 1.54) is 26.1 Å². The van der Waals surface area contributed by atoms with E-state index in [1.54, 1.807) is 0 Å².